The number of nitrogens with one attached hydrogen (secondary N) is 1. The molecule has 1 aliphatic heterocycles. The summed E-state index contributed by atoms with van der Waals surface area (Å²) in [5.41, 5.74) is 1.83. The van der Waals surface area contributed by atoms with E-state index in [-0.39, 0.29) is 5.60 Å². The van der Waals surface area contributed by atoms with Crippen molar-refractivity contribution in [3.05, 3.63) is 27.7 Å². The van der Waals surface area contributed by atoms with E-state index in [1.165, 1.54) is 0 Å². The predicted octanol–water partition coefficient (Wildman–Crippen LogP) is 2.42. The number of benzene rings is 1. The normalized spacial score (nSPS) is 18.6. The van der Waals surface area contributed by atoms with Crippen LogP contribution in [0.1, 0.15) is 31.1 Å². The molecule has 0 aliphatic carbocycles. The molecule has 0 saturated heterocycles. The largest absolute Gasteiger partial charge is 0.487 e. The van der Waals surface area contributed by atoms with Crippen molar-refractivity contribution in [2.45, 2.75) is 32.0 Å². The maximum atomic E-state index is 10.1. The highest BCUT2D eigenvalue weighted by Crippen LogP contribution is 2.41. The minimum atomic E-state index is -0.542. The molecule has 0 saturated carbocycles. The number of hydrogen-bond donors (Lipinski definition) is 2. The Kier molecular flexibility index (Phi) is 3.48. The molecule has 1 aliphatic rings. The third-order valence-electron chi connectivity index (χ3n) is 2.91. The minimum absolute atomic E-state index is 0.183. The summed E-state index contributed by atoms with van der Waals surface area (Å²) < 4.78 is 6.93. The van der Waals surface area contributed by atoms with Crippen LogP contribution in [0.3, 0.4) is 0 Å². The molecule has 1 aromatic rings. The Hall–Kier alpha value is -0.580. The smallest absolute Gasteiger partial charge is 0.129 e. The summed E-state index contributed by atoms with van der Waals surface area (Å²) in [6.45, 7) is 4.65. The monoisotopic (exact) mass is 299 g/mol. The van der Waals surface area contributed by atoms with Crippen LogP contribution in [0.25, 0.3) is 0 Å². The lowest BCUT2D eigenvalue weighted by Gasteiger charge is -2.20. The Morgan fingerprint density at radius 3 is 2.88 bits per heavy atom. The van der Waals surface area contributed by atoms with Gasteiger partial charge in [0.2, 0.25) is 0 Å². The van der Waals surface area contributed by atoms with Gasteiger partial charge in [0.15, 0.2) is 0 Å². The fourth-order valence-corrected chi connectivity index (χ4v) is 2.77. The highest BCUT2D eigenvalue weighted by atomic mass is 79.9. The van der Waals surface area contributed by atoms with Gasteiger partial charge in [-0.2, -0.15) is 0 Å². The lowest BCUT2D eigenvalue weighted by molar-refractivity contribution is 0.126. The van der Waals surface area contributed by atoms with Gasteiger partial charge in [-0.3, -0.25) is 0 Å². The molecule has 1 atom stereocenters. The minimum Gasteiger partial charge on any atom is -0.487 e. The van der Waals surface area contributed by atoms with E-state index >= 15 is 0 Å². The Bertz CT molecular complexity index is 432. The fraction of sp³-hybridized carbons (Fsp3) is 0.538. The first-order valence-corrected chi connectivity index (χ1v) is 6.56. The van der Waals surface area contributed by atoms with Crippen LogP contribution in [-0.4, -0.2) is 24.3 Å². The Morgan fingerprint density at radius 2 is 2.24 bits per heavy atom. The van der Waals surface area contributed by atoms with Crippen LogP contribution in [0, 0.1) is 0 Å². The van der Waals surface area contributed by atoms with Crippen molar-refractivity contribution >= 4 is 15.9 Å². The number of likely N-dealkylation sites (N-methyl/N-ethyl adjacent to an activating group) is 1. The Balaban J connectivity index is 2.41. The van der Waals surface area contributed by atoms with Crippen LogP contribution >= 0.6 is 15.9 Å². The van der Waals surface area contributed by atoms with Crippen LogP contribution in [0.5, 0.6) is 5.75 Å². The van der Waals surface area contributed by atoms with E-state index in [4.69, 9.17) is 4.74 Å². The first-order chi connectivity index (χ1) is 7.93. The molecule has 17 heavy (non-hydrogen) atoms. The predicted molar refractivity (Wildman–Crippen MR) is 71.4 cm³/mol. The van der Waals surface area contributed by atoms with Crippen LogP contribution in [0.2, 0.25) is 0 Å². The van der Waals surface area contributed by atoms with Crippen LogP contribution in [-0.2, 0) is 6.42 Å². The molecule has 0 aromatic heterocycles. The summed E-state index contributed by atoms with van der Waals surface area (Å²) >= 11 is 3.49. The van der Waals surface area contributed by atoms with E-state index in [0.29, 0.717) is 6.54 Å². The summed E-state index contributed by atoms with van der Waals surface area (Å²) in [5.74, 6) is 0.848. The van der Waals surface area contributed by atoms with Gasteiger partial charge in [0.1, 0.15) is 11.4 Å². The highest BCUT2D eigenvalue weighted by Gasteiger charge is 2.33. The maximum Gasteiger partial charge on any atom is 0.129 e. The molecule has 3 nitrogen and oxygen atoms in total. The van der Waals surface area contributed by atoms with Crippen molar-refractivity contribution in [1.82, 2.24) is 5.32 Å². The molecule has 1 aromatic carbocycles. The number of fused-ring (bicyclic) bond motifs is 1. The van der Waals surface area contributed by atoms with Gasteiger partial charge >= 0.3 is 0 Å². The van der Waals surface area contributed by atoms with E-state index in [1.54, 1.807) is 0 Å². The molecule has 0 spiro atoms. The topological polar surface area (TPSA) is 41.5 Å². The standard InChI is InChI=1S/C13H18BrNO2/c1-13(2)6-8-4-9(14)5-10(12(8)17-13)11(16)7-15-3/h4-5,11,15-16H,6-7H2,1-3H3. The van der Waals surface area contributed by atoms with Gasteiger partial charge < -0.3 is 15.2 Å². The van der Waals surface area contributed by atoms with Crippen LogP contribution in [0.4, 0.5) is 0 Å². The summed E-state index contributed by atoms with van der Waals surface area (Å²) in [5, 5.41) is 13.1. The highest BCUT2D eigenvalue weighted by molar-refractivity contribution is 9.10. The molecule has 1 unspecified atom stereocenters. The summed E-state index contributed by atoms with van der Waals surface area (Å²) in [6.07, 6.45) is 0.335. The molecule has 0 amide bonds. The van der Waals surface area contributed by atoms with E-state index < -0.39 is 6.10 Å². The summed E-state index contributed by atoms with van der Waals surface area (Å²) in [6, 6.07) is 4.00. The third kappa shape index (κ3) is 2.64. The van der Waals surface area contributed by atoms with Gasteiger partial charge in [0.05, 0.1) is 6.10 Å². The van der Waals surface area contributed by atoms with Gasteiger partial charge in [-0.05, 0) is 38.6 Å². The summed E-state index contributed by atoms with van der Waals surface area (Å²) in [7, 11) is 1.83. The van der Waals surface area contributed by atoms with Crippen LogP contribution < -0.4 is 10.1 Å². The Morgan fingerprint density at radius 1 is 1.53 bits per heavy atom. The lowest BCUT2D eigenvalue weighted by Crippen LogP contribution is -2.25. The molecule has 1 heterocycles. The van der Waals surface area contributed by atoms with E-state index in [9.17, 15) is 5.11 Å². The first-order valence-electron chi connectivity index (χ1n) is 5.77. The molecule has 0 bridgehead atoms. The molecule has 0 fully saturated rings. The molecular formula is C13H18BrNO2. The zero-order chi connectivity index (χ0) is 12.6. The van der Waals surface area contributed by atoms with E-state index in [0.717, 1.165) is 27.8 Å². The quantitative estimate of drug-likeness (QED) is 0.901. The number of halogens is 1. The second kappa shape index (κ2) is 4.59. The SMILES string of the molecule is CNCC(O)c1cc(Br)cc2c1OC(C)(C)C2. The average molecular weight is 300 g/mol. The van der Waals surface area contributed by atoms with Crippen molar-refractivity contribution in [2.24, 2.45) is 0 Å². The molecular weight excluding hydrogens is 282 g/mol. The van der Waals surface area contributed by atoms with E-state index in [2.05, 4.69) is 41.2 Å². The number of ether oxygens (including phenoxy) is 1. The molecule has 2 rings (SSSR count). The zero-order valence-electron chi connectivity index (χ0n) is 10.4. The number of aliphatic hydroxyl groups is 1. The number of aliphatic hydroxyl groups excluding tert-OH is 1. The van der Waals surface area contributed by atoms with Gasteiger partial charge in [-0.25, -0.2) is 0 Å². The second-order valence-electron chi connectivity index (χ2n) is 5.10. The number of rotatable bonds is 3. The summed E-state index contributed by atoms with van der Waals surface area (Å²) in [4.78, 5) is 0. The van der Waals surface area contributed by atoms with Crippen molar-refractivity contribution < 1.29 is 9.84 Å². The van der Waals surface area contributed by atoms with Gasteiger partial charge in [0.25, 0.3) is 0 Å². The molecule has 0 radical (unpaired) electrons. The molecule has 94 valence electrons. The zero-order valence-corrected chi connectivity index (χ0v) is 12.0. The van der Waals surface area contributed by atoms with Gasteiger partial charge in [0, 0.05) is 23.0 Å². The lowest BCUT2D eigenvalue weighted by atomic mass is 9.99. The van der Waals surface area contributed by atoms with E-state index in [1.807, 2.05) is 13.1 Å². The fourth-order valence-electron chi connectivity index (χ4n) is 2.25. The average Bonchev–Trinajstić information content (AvgIpc) is 2.51. The number of hydrogen-bond acceptors (Lipinski definition) is 3. The maximum absolute atomic E-state index is 10.1. The first kappa shape index (κ1) is 12.9. The van der Waals surface area contributed by atoms with Crippen molar-refractivity contribution in [1.29, 1.82) is 0 Å². The van der Waals surface area contributed by atoms with Crippen molar-refractivity contribution in [3.63, 3.8) is 0 Å². The van der Waals surface area contributed by atoms with Crippen molar-refractivity contribution in [2.75, 3.05) is 13.6 Å². The third-order valence-corrected chi connectivity index (χ3v) is 3.37. The van der Waals surface area contributed by atoms with Gasteiger partial charge in [-0.15, -0.1) is 0 Å². The van der Waals surface area contributed by atoms with Crippen LogP contribution in [0.15, 0.2) is 16.6 Å². The molecule has 4 heteroatoms. The molecule has 2 N–H and O–H groups in total. The van der Waals surface area contributed by atoms with Gasteiger partial charge in [-0.1, -0.05) is 15.9 Å². The second-order valence-corrected chi connectivity index (χ2v) is 6.01. The Labute approximate surface area is 110 Å². The van der Waals surface area contributed by atoms with Crippen molar-refractivity contribution in [3.8, 4) is 5.75 Å².